The maximum absolute atomic E-state index is 13.0. The Morgan fingerprint density at radius 3 is 2.28 bits per heavy atom. The molecule has 2 amide bonds. The third-order valence-corrected chi connectivity index (χ3v) is 4.70. The summed E-state index contributed by atoms with van der Waals surface area (Å²) < 4.78 is 5.62. The van der Waals surface area contributed by atoms with E-state index >= 15 is 0 Å². The number of anilines is 3. The van der Waals surface area contributed by atoms with Crippen molar-refractivity contribution in [2.75, 3.05) is 28.6 Å². The van der Waals surface area contributed by atoms with Gasteiger partial charge in [-0.1, -0.05) is 24.3 Å². The van der Waals surface area contributed by atoms with E-state index in [1.165, 1.54) is 0 Å². The van der Waals surface area contributed by atoms with Crippen LogP contribution in [0.25, 0.3) is 0 Å². The molecule has 3 aromatic carbocycles. The van der Waals surface area contributed by atoms with Gasteiger partial charge >= 0.3 is 0 Å². The summed E-state index contributed by atoms with van der Waals surface area (Å²) in [5.41, 5.74) is 2.75. The summed E-state index contributed by atoms with van der Waals surface area (Å²) in [6, 6.07) is 24.0. The van der Waals surface area contributed by atoms with Crippen molar-refractivity contribution in [3.05, 3.63) is 84.4 Å². The lowest BCUT2D eigenvalue weighted by atomic mass is 10.1. The van der Waals surface area contributed by atoms with Gasteiger partial charge in [0.15, 0.2) is 0 Å². The molecule has 0 aliphatic rings. The molecule has 0 heterocycles. The van der Waals surface area contributed by atoms with Crippen LogP contribution in [0.15, 0.2) is 78.9 Å². The van der Waals surface area contributed by atoms with Gasteiger partial charge in [-0.2, -0.15) is 0 Å². The van der Waals surface area contributed by atoms with Gasteiger partial charge in [-0.15, -0.1) is 0 Å². The molecule has 0 bridgehead atoms. The maximum Gasteiger partial charge on any atom is 0.258 e. The Kier molecular flexibility index (Phi) is 7.86. The van der Waals surface area contributed by atoms with Crippen LogP contribution in [0.5, 0.6) is 5.75 Å². The Bertz CT molecular complexity index is 1030. The average Bonchev–Trinajstić information content (AvgIpc) is 2.79. The van der Waals surface area contributed by atoms with Gasteiger partial charge in [0.1, 0.15) is 5.75 Å². The fraction of sp³-hybridized carbons (Fsp3) is 0.231. The Balaban J connectivity index is 1.59. The zero-order valence-corrected chi connectivity index (χ0v) is 18.7. The zero-order chi connectivity index (χ0) is 22.9. The van der Waals surface area contributed by atoms with Crippen molar-refractivity contribution in [1.82, 2.24) is 0 Å². The van der Waals surface area contributed by atoms with Crippen molar-refractivity contribution in [2.45, 2.75) is 26.9 Å². The molecule has 32 heavy (non-hydrogen) atoms. The Morgan fingerprint density at radius 2 is 1.62 bits per heavy atom. The number of para-hydroxylation sites is 1. The molecule has 0 spiro atoms. The number of carbonyl (C=O) groups excluding carboxylic acids is 2. The van der Waals surface area contributed by atoms with E-state index in [2.05, 4.69) is 10.6 Å². The molecule has 0 radical (unpaired) electrons. The van der Waals surface area contributed by atoms with Gasteiger partial charge in [-0.25, -0.2) is 0 Å². The minimum Gasteiger partial charge on any atom is -0.491 e. The van der Waals surface area contributed by atoms with Crippen LogP contribution in [-0.4, -0.2) is 31.0 Å². The minimum absolute atomic E-state index is 0.105. The second-order valence-corrected chi connectivity index (χ2v) is 7.56. The fourth-order valence-electron chi connectivity index (χ4n) is 3.25. The number of nitrogens with one attached hydrogen (secondary N) is 2. The molecule has 0 aliphatic heterocycles. The highest BCUT2D eigenvalue weighted by Gasteiger charge is 2.16. The van der Waals surface area contributed by atoms with Crippen LogP contribution < -0.4 is 20.3 Å². The highest BCUT2D eigenvalue weighted by Crippen LogP contribution is 2.19. The largest absolute Gasteiger partial charge is 0.491 e. The van der Waals surface area contributed by atoms with E-state index in [0.29, 0.717) is 17.8 Å². The van der Waals surface area contributed by atoms with E-state index in [0.717, 1.165) is 17.1 Å². The lowest BCUT2D eigenvalue weighted by Crippen LogP contribution is -2.30. The van der Waals surface area contributed by atoms with Gasteiger partial charge < -0.3 is 20.3 Å². The molecule has 2 N–H and O–H groups in total. The molecule has 0 saturated carbocycles. The van der Waals surface area contributed by atoms with Crippen LogP contribution in [0.3, 0.4) is 0 Å². The van der Waals surface area contributed by atoms with Crippen molar-refractivity contribution >= 4 is 28.9 Å². The first kappa shape index (κ1) is 22.9. The monoisotopic (exact) mass is 431 g/mol. The van der Waals surface area contributed by atoms with E-state index in [4.69, 9.17) is 4.74 Å². The molecule has 6 heteroatoms. The van der Waals surface area contributed by atoms with Gasteiger partial charge in [-0.05, 0) is 75.4 Å². The Morgan fingerprint density at radius 1 is 0.906 bits per heavy atom. The number of hydrogen-bond donors (Lipinski definition) is 2. The lowest BCUT2D eigenvalue weighted by molar-refractivity contribution is -0.114. The number of carbonyl (C=O) groups is 2. The van der Waals surface area contributed by atoms with E-state index in [1.807, 2.05) is 75.4 Å². The zero-order valence-electron chi connectivity index (χ0n) is 18.7. The van der Waals surface area contributed by atoms with Crippen LogP contribution in [0.2, 0.25) is 0 Å². The van der Waals surface area contributed by atoms with Crippen molar-refractivity contribution in [1.29, 1.82) is 0 Å². The van der Waals surface area contributed by atoms with E-state index in [1.54, 1.807) is 29.2 Å². The maximum atomic E-state index is 13.0. The van der Waals surface area contributed by atoms with Gasteiger partial charge in [0.05, 0.1) is 12.6 Å². The van der Waals surface area contributed by atoms with Crippen LogP contribution in [-0.2, 0) is 4.79 Å². The number of amides is 2. The number of nitrogens with zero attached hydrogens (tertiary/aromatic N) is 1. The third-order valence-electron chi connectivity index (χ3n) is 4.70. The molecule has 0 fully saturated rings. The topological polar surface area (TPSA) is 70.7 Å². The SMILES string of the molecule is CCN(C(=O)c1cccc(NC(=O)CNc2ccc(OC(C)C)cc2)c1)c1ccccc1. The van der Waals surface area contributed by atoms with Gasteiger partial charge in [0.25, 0.3) is 5.91 Å². The summed E-state index contributed by atoms with van der Waals surface area (Å²) in [4.78, 5) is 27.1. The van der Waals surface area contributed by atoms with Crippen LogP contribution in [0.4, 0.5) is 17.1 Å². The third kappa shape index (κ3) is 6.35. The molecule has 0 aromatic heterocycles. The summed E-state index contributed by atoms with van der Waals surface area (Å²) in [6.07, 6.45) is 0.110. The summed E-state index contributed by atoms with van der Waals surface area (Å²) in [5.74, 6) is 0.470. The van der Waals surface area contributed by atoms with Crippen molar-refractivity contribution in [2.24, 2.45) is 0 Å². The Labute approximate surface area is 189 Å². The molecule has 0 aliphatic carbocycles. The van der Waals surface area contributed by atoms with Crippen LogP contribution in [0, 0.1) is 0 Å². The summed E-state index contributed by atoms with van der Waals surface area (Å²) in [5, 5.41) is 5.93. The van der Waals surface area contributed by atoms with Crippen molar-refractivity contribution in [3.63, 3.8) is 0 Å². The molecule has 3 rings (SSSR count). The second-order valence-electron chi connectivity index (χ2n) is 7.56. The normalized spacial score (nSPS) is 10.5. The van der Waals surface area contributed by atoms with Crippen molar-refractivity contribution < 1.29 is 14.3 Å². The van der Waals surface area contributed by atoms with Crippen LogP contribution in [0.1, 0.15) is 31.1 Å². The molecule has 0 saturated heterocycles. The smallest absolute Gasteiger partial charge is 0.258 e. The molecule has 0 unspecified atom stereocenters. The minimum atomic E-state index is -0.201. The predicted octanol–water partition coefficient (Wildman–Crippen LogP) is 5.19. The molecular formula is C26H29N3O3. The summed E-state index contributed by atoms with van der Waals surface area (Å²) >= 11 is 0. The first-order valence-corrected chi connectivity index (χ1v) is 10.7. The highest BCUT2D eigenvalue weighted by molar-refractivity contribution is 6.07. The van der Waals surface area contributed by atoms with E-state index < -0.39 is 0 Å². The van der Waals surface area contributed by atoms with Gasteiger partial charge in [0, 0.05) is 29.2 Å². The molecular weight excluding hydrogens is 402 g/mol. The standard InChI is InChI=1S/C26H29N3O3/c1-4-29(23-11-6-5-7-12-23)26(31)20-9-8-10-22(17-20)28-25(30)18-27-21-13-15-24(16-14-21)32-19(2)3/h5-17,19,27H,4,18H2,1-3H3,(H,28,30). The average molecular weight is 432 g/mol. The van der Waals surface area contributed by atoms with Gasteiger partial charge in [0.2, 0.25) is 5.91 Å². The highest BCUT2D eigenvalue weighted by atomic mass is 16.5. The van der Waals surface area contributed by atoms with E-state index in [9.17, 15) is 9.59 Å². The number of ether oxygens (including phenoxy) is 1. The molecule has 166 valence electrons. The first-order valence-electron chi connectivity index (χ1n) is 10.7. The molecule has 3 aromatic rings. The Hall–Kier alpha value is -3.80. The van der Waals surface area contributed by atoms with Crippen molar-refractivity contribution in [3.8, 4) is 5.75 Å². The molecule has 6 nitrogen and oxygen atoms in total. The van der Waals surface area contributed by atoms with Crippen LogP contribution >= 0.6 is 0 Å². The fourth-order valence-corrected chi connectivity index (χ4v) is 3.25. The molecule has 0 atom stereocenters. The lowest BCUT2D eigenvalue weighted by Gasteiger charge is -2.21. The predicted molar refractivity (Wildman–Crippen MR) is 130 cm³/mol. The quantitative estimate of drug-likeness (QED) is 0.489. The number of rotatable bonds is 9. The second kappa shape index (κ2) is 11.0. The summed E-state index contributed by atoms with van der Waals surface area (Å²) in [6.45, 7) is 6.53. The van der Waals surface area contributed by atoms with Gasteiger partial charge in [-0.3, -0.25) is 9.59 Å². The van der Waals surface area contributed by atoms with E-state index in [-0.39, 0.29) is 24.5 Å². The number of hydrogen-bond acceptors (Lipinski definition) is 4. The first-order chi connectivity index (χ1) is 15.5. The number of benzene rings is 3. The summed E-state index contributed by atoms with van der Waals surface area (Å²) in [7, 11) is 0.